The Balaban J connectivity index is 1.79. The number of methoxy groups -OCH3 is 2. The molecule has 0 aliphatic rings. The van der Waals surface area contributed by atoms with Crippen molar-refractivity contribution in [3.63, 3.8) is 0 Å². The molecule has 0 spiro atoms. The van der Waals surface area contributed by atoms with Gasteiger partial charge < -0.3 is 19.5 Å². The SMILES string of the molecule is COc1ccc(Cn2nc(C)c(NC(=O)c3cccc(OC(F)F)c3)c2C)cc1OC. The standard InChI is InChI=1S/C22H23F2N3O4/c1-13-20(25-21(28)16-6-5-7-17(11-16)31-22(23)24)14(2)27(26-13)12-15-8-9-18(29-3)19(10-15)30-4/h5-11,22H,12H2,1-4H3,(H,25,28). The van der Waals surface area contributed by atoms with E-state index in [0.717, 1.165) is 11.3 Å². The van der Waals surface area contributed by atoms with Crippen LogP contribution in [-0.4, -0.2) is 36.5 Å². The van der Waals surface area contributed by atoms with Crippen molar-refractivity contribution in [2.24, 2.45) is 0 Å². The van der Waals surface area contributed by atoms with Crippen molar-refractivity contribution in [2.75, 3.05) is 19.5 Å². The van der Waals surface area contributed by atoms with Crippen molar-refractivity contribution in [1.29, 1.82) is 0 Å². The smallest absolute Gasteiger partial charge is 0.387 e. The number of alkyl halides is 2. The van der Waals surface area contributed by atoms with Gasteiger partial charge in [0, 0.05) is 5.56 Å². The van der Waals surface area contributed by atoms with E-state index in [4.69, 9.17) is 9.47 Å². The first-order chi connectivity index (χ1) is 14.8. The molecule has 1 aromatic heterocycles. The van der Waals surface area contributed by atoms with E-state index < -0.39 is 12.5 Å². The van der Waals surface area contributed by atoms with Crippen LogP contribution in [0, 0.1) is 13.8 Å². The Hall–Kier alpha value is -3.62. The minimum Gasteiger partial charge on any atom is -0.493 e. The predicted octanol–water partition coefficient (Wildman–Crippen LogP) is 4.42. The molecule has 0 atom stereocenters. The number of anilines is 1. The highest BCUT2D eigenvalue weighted by molar-refractivity contribution is 6.05. The first-order valence-electron chi connectivity index (χ1n) is 9.43. The number of carbonyl (C=O) groups is 1. The summed E-state index contributed by atoms with van der Waals surface area (Å²) in [5.41, 5.74) is 3.08. The number of ether oxygens (including phenoxy) is 3. The van der Waals surface area contributed by atoms with Crippen molar-refractivity contribution in [3.05, 3.63) is 65.0 Å². The predicted molar refractivity (Wildman–Crippen MR) is 111 cm³/mol. The molecule has 0 radical (unpaired) electrons. The lowest BCUT2D eigenvalue weighted by Gasteiger charge is -2.11. The lowest BCUT2D eigenvalue weighted by molar-refractivity contribution is -0.0498. The molecule has 0 saturated carbocycles. The maximum absolute atomic E-state index is 12.7. The van der Waals surface area contributed by atoms with Crippen molar-refractivity contribution < 1.29 is 27.8 Å². The number of amides is 1. The van der Waals surface area contributed by atoms with Gasteiger partial charge in [0.15, 0.2) is 11.5 Å². The highest BCUT2D eigenvalue weighted by atomic mass is 19.3. The van der Waals surface area contributed by atoms with E-state index in [1.54, 1.807) is 25.8 Å². The third-order valence-corrected chi connectivity index (χ3v) is 4.72. The van der Waals surface area contributed by atoms with Crippen LogP contribution in [0.15, 0.2) is 42.5 Å². The van der Waals surface area contributed by atoms with Crippen LogP contribution in [0.1, 0.15) is 27.3 Å². The van der Waals surface area contributed by atoms with Gasteiger partial charge in [-0.1, -0.05) is 12.1 Å². The third kappa shape index (κ3) is 5.11. The highest BCUT2D eigenvalue weighted by Gasteiger charge is 2.17. The molecule has 2 aromatic carbocycles. The van der Waals surface area contributed by atoms with Crippen LogP contribution >= 0.6 is 0 Å². The molecule has 3 rings (SSSR count). The normalized spacial score (nSPS) is 10.8. The number of nitrogens with one attached hydrogen (secondary N) is 1. The minimum absolute atomic E-state index is 0.0831. The second-order valence-corrected chi connectivity index (χ2v) is 6.75. The van der Waals surface area contributed by atoms with Crippen LogP contribution in [0.3, 0.4) is 0 Å². The number of nitrogens with zero attached hydrogens (tertiary/aromatic N) is 2. The Bertz CT molecular complexity index is 1080. The number of rotatable bonds is 8. The summed E-state index contributed by atoms with van der Waals surface area (Å²) >= 11 is 0. The molecule has 31 heavy (non-hydrogen) atoms. The number of benzene rings is 2. The molecule has 0 bridgehead atoms. The number of halogens is 2. The minimum atomic E-state index is -2.96. The Morgan fingerprint density at radius 1 is 1.10 bits per heavy atom. The molecular formula is C22H23F2N3O4. The summed E-state index contributed by atoms with van der Waals surface area (Å²) in [7, 11) is 3.14. The van der Waals surface area contributed by atoms with Crippen molar-refractivity contribution in [2.45, 2.75) is 27.0 Å². The van der Waals surface area contributed by atoms with E-state index in [9.17, 15) is 13.6 Å². The van der Waals surface area contributed by atoms with Crippen molar-refractivity contribution >= 4 is 11.6 Å². The van der Waals surface area contributed by atoms with Gasteiger partial charge in [-0.3, -0.25) is 9.48 Å². The molecule has 0 aliphatic carbocycles. The number of aryl methyl sites for hydroxylation is 1. The number of carbonyl (C=O) groups excluding carboxylic acids is 1. The van der Waals surface area contributed by atoms with Gasteiger partial charge in [0.05, 0.1) is 37.8 Å². The zero-order chi connectivity index (χ0) is 22.5. The summed E-state index contributed by atoms with van der Waals surface area (Å²) in [5.74, 6) is 0.711. The Kier molecular flexibility index (Phi) is 6.74. The maximum Gasteiger partial charge on any atom is 0.387 e. The third-order valence-electron chi connectivity index (χ3n) is 4.72. The van der Waals surface area contributed by atoms with E-state index >= 15 is 0 Å². The van der Waals surface area contributed by atoms with E-state index in [1.807, 2.05) is 25.1 Å². The summed E-state index contributed by atoms with van der Waals surface area (Å²) in [6, 6.07) is 11.2. The number of hydrogen-bond donors (Lipinski definition) is 1. The average Bonchev–Trinajstić information content (AvgIpc) is 3.00. The quantitative estimate of drug-likeness (QED) is 0.572. The Morgan fingerprint density at radius 3 is 2.52 bits per heavy atom. The number of hydrogen-bond acceptors (Lipinski definition) is 5. The molecule has 3 aromatic rings. The zero-order valence-electron chi connectivity index (χ0n) is 17.6. The average molecular weight is 431 g/mol. The molecule has 7 nitrogen and oxygen atoms in total. The van der Waals surface area contributed by atoms with Gasteiger partial charge in [-0.05, 0) is 49.7 Å². The van der Waals surface area contributed by atoms with E-state index in [2.05, 4.69) is 15.2 Å². The zero-order valence-corrected chi connectivity index (χ0v) is 17.6. The topological polar surface area (TPSA) is 74.6 Å². The van der Waals surface area contributed by atoms with E-state index in [-0.39, 0.29) is 11.3 Å². The largest absolute Gasteiger partial charge is 0.493 e. The molecule has 0 saturated heterocycles. The summed E-state index contributed by atoms with van der Waals surface area (Å²) in [5, 5.41) is 7.33. The molecule has 1 N–H and O–H groups in total. The van der Waals surface area contributed by atoms with Gasteiger partial charge in [0.25, 0.3) is 5.91 Å². The highest BCUT2D eigenvalue weighted by Crippen LogP contribution is 2.29. The fourth-order valence-electron chi connectivity index (χ4n) is 3.18. The molecule has 164 valence electrons. The maximum atomic E-state index is 12.7. The number of aromatic nitrogens is 2. The first kappa shape index (κ1) is 22.1. The molecule has 1 heterocycles. The summed E-state index contributed by atoms with van der Waals surface area (Å²) in [4.78, 5) is 12.7. The Labute approximate surface area is 178 Å². The van der Waals surface area contributed by atoms with E-state index in [0.29, 0.717) is 29.4 Å². The summed E-state index contributed by atoms with van der Waals surface area (Å²) < 4.78 is 41.6. The van der Waals surface area contributed by atoms with Crippen molar-refractivity contribution in [3.8, 4) is 17.2 Å². The monoisotopic (exact) mass is 431 g/mol. The van der Waals surface area contributed by atoms with Gasteiger partial charge in [0.2, 0.25) is 0 Å². The molecular weight excluding hydrogens is 408 g/mol. The summed E-state index contributed by atoms with van der Waals surface area (Å²) in [6.07, 6.45) is 0. The van der Waals surface area contributed by atoms with Crippen LogP contribution in [-0.2, 0) is 6.54 Å². The van der Waals surface area contributed by atoms with Gasteiger partial charge in [-0.25, -0.2) is 0 Å². The van der Waals surface area contributed by atoms with Crippen LogP contribution < -0.4 is 19.5 Å². The van der Waals surface area contributed by atoms with E-state index in [1.165, 1.54) is 24.3 Å². The van der Waals surface area contributed by atoms with Crippen LogP contribution in [0.2, 0.25) is 0 Å². The van der Waals surface area contributed by atoms with Crippen LogP contribution in [0.25, 0.3) is 0 Å². The first-order valence-corrected chi connectivity index (χ1v) is 9.43. The van der Waals surface area contributed by atoms with Gasteiger partial charge >= 0.3 is 6.61 Å². The second-order valence-electron chi connectivity index (χ2n) is 6.75. The lowest BCUT2D eigenvalue weighted by Crippen LogP contribution is -2.14. The molecule has 0 fully saturated rings. The fraction of sp³-hybridized carbons (Fsp3) is 0.273. The lowest BCUT2D eigenvalue weighted by atomic mass is 10.2. The second kappa shape index (κ2) is 9.46. The molecule has 9 heteroatoms. The van der Waals surface area contributed by atoms with Gasteiger partial charge in [0.1, 0.15) is 5.75 Å². The van der Waals surface area contributed by atoms with Crippen molar-refractivity contribution in [1.82, 2.24) is 9.78 Å². The summed E-state index contributed by atoms with van der Waals surface area (Å²) in [6.45, 7) is 1.12. The van der Waals surface area contributed by atoms with Gasteiger partial charge in [-0.15, -0.1) is 0 Å². The van der Waals surface area contributed by atoms with Crippen LogP contribution in [0.5, 0.6) is 17.2 Å². The fourth-order valence-corrected chi connectivity index (χ4v) is 3.18. The molecule has 0 aliphatic heterocycles. The molecule has 1 amide bonds. The Morgan fingerprint density at radius 2 is 1.84 bits per heavy atom. The molecule has 0 unspecified atom stereocenters. The van der Waals surface area contributed by atoms with Crippen LogP contribution in [0.4, 0.5) is 14.5 Å². The van der Waals surface area contributed by atoms with Gasteiger partial charge in [-0.2, -0.15) is 13.9 Å².